The van der Waals surface area contributed by atoms with Crippen molar-refractivity contribution < 1.29 is 9.59 Å². The Morgan fingerprint density at radius 3 is 2.94 bits per heavy atom. The van der Waals surface area contributed by atoms with Crippen LogP contribution in [-0.2, 0) is 9.59 Å². The molecule has 0 aromatic carbocycles. The van der Waals surface area contributed by atoms with Crippen molar-refractivity contribution in [1.82, 2.24) is 10.2 Å². The summed E-state index contributed by atoms with van der Waals surface area (Å²) >= 11 is 1.77. The molecule has 2 saturated heterocycles. The lowest BCUT2D eigenvalue weighted by Crippen LogP contribution is -2.48. The van der Waals surface area contributed by atoms with Gasteiger partial charge in [-0.3, -0.25) is 14.9 Å². The Morgan fingerprint density at radius 1 is 1.44 bits per heavy atom. The molecule has 2 aliphatic heterocycles. The topological polar surface area (TPSA) is 75.4 Å². The van der Waals surface area contributed by atoms with Crippen LogP contribution in [0.1, 0.15) is 25.7 Å². The maximum absolute atomic E-state index is 12.2. The molecule has 0 aliphatic carbocycles. The Bertz CT molecular complexity index is 318. The van der Waals surface area contributed by atoms with Crippen LogP contribution < -0.4 is 11.1 Å². The van der Waals surface area contributed by atoms with Gasteiger partial charge in [0.05, 0.1) is 6.04 Å². The standard InChI is InChI=1S/C12H21N3O2S/c13-11(16)4-3-9-2-1-5-15(6-9)12(17)10-7-18-8-14-10/h9-10,14H,1-8H2,(H2,13,16)/t9-,10+/m1/s1. The highest BCUT2D eigenvalue weighted by Gasteiger charge is 2.30. The van der Waals surface area contributed by atoms with Crippen LogP contribution in [-0.4, -0.2) is 47.5 Å². The first-order valence-corrected chi connectivity index (χ1v) is 7.70. The number of primary amides is 1. The number of carbonyl (C=O) groups is 2. The van der Waals surface area contributed by atoms with Crippen LogP contribution >= 0.6 is 11.8 Å². The maximum Gasteiger partial charge on any atom is 0.240 e. The van der Waals surface area contributed by atoms with E-state index in [-0.39, 0.29) is 17.9 Å². The first-order valence-electron chi connectivity index (χ1n) is 6.55. The number of thioether (sulfide) groups is 1. The average Bonchev–Trinajstić information content (AvgIpc) is 2.89. The Kier molecular flexibility index (Phi) is 4.88. The molecule has 0 radical (unpaired) electrons. The normalized spacial score (nSPS) is 28.3. The molecule has 2 fully saturated rings. The molecule has 102 valence electrons. The van der Waals surface area contributed by atoms with E-state index in [1.807, 2.05) is 4.90 Å². The van der Waals surface area contributed by atoms with E-state index in [9.17, 15) is 9.59 Å². The van der Waals surface area contributed by atoms with E-state index in [2.05, 4.69) is 5.32 Å². The smallest absolute Gasteiger partial charge is 0.240 e. The number of piperidine rings is 1. The average molecular weight is 271 g/mol. The predicted molar refractivity (Wildman–Crippen MR) is 72.0 cm³/mol. The maximum atomic E-state index is 12.2. The van der Waals surface area contributed by atoms with E-state index in [0.29, 0.717) is 12.3 Å². The predicted octanol–water partition coefficient (Wildman–Crippen LogP) is 0.153. The van der Waals surface area contributed by atoms with Gasteiger partial charge in [-0.15, -0.1) is 11.8 Å². The molecule has 0 aromatic heterocycles. The summed E-state index contributed by atoms with van der Waals surface area (Å²) in [5, 5.41) is 3.22. The molecular weight excluding hydrogens is 250 g/mol. The fourth-order valence-electron chi connectivity index (χ4n) is 2.62. The highest BCUT2D eigenvalue weighted by molar-refractivity contribution is 7.99. The number of nitrogens with zero attached hydrogens (tertiary/aromatic N) is 1. The number of rotatable bonds is 4. The Morgan fingerprint density at radius 2 is 2.28 bits per heavy atom. The fourth-order valence-corrected chi connectivity index (χ4v) is 3.55. The molecule has 2 aliphatic rings. The summed E-state index contributed by atoms with van der Waals surface area (Å²) in [7, 11) is 0. The van der Waals surface area contributed by atoms with Gasteiger partial charge >= 0.3 is 0 Å². The van der Waals surface area contributed by atoms with Gasteiger partial charge in [0.2, 0.25) is 11.8 Å². The second kappa shape index (κ2) is 6.43. The van der Waals surface area contributed by atoms with Crippen LogP contribution in [0.25, 0.3) is 0 Å². The van der Waals surface area contributed by atoms with Crippen molar-refractivity contribution in [3.63, 3.8) is 0 Å². The molecule has 0 spiro atoms. The van der Waals surface area contributed by atoms with Crippen molar-refractivity contribution in [3.05, 3.63) is 0 Å². The van der Waals surface area contributed by atoms with Gasteiger partial charge in [-0.2, -0.15) is 0 Å². The zero-order valence-electron chi connectivity index (χ0n) is 10.6. The lowest BCUT2D eigenvalue weighted by Gasteiger charge is -2.34. The summed E-state index contributed by atoms with van der Waals surface area (Å²) in [6.45, 7) is 1.64. The van der Waals surface area contributed by atoms with E-state index in [0.717, 1.165) is 44.0 Å². The minimum atomic E-state index is -0.243. The van der Waals surface area contributed by atoms with Crippen LogP contribution in [0.2, 0.25) is 0 Å². The van der Waals surface area contributed by atoms with Gasteiger partial charge in [0.25, 0.3) is 0 Å². The number of carbonyl (C=O) groups excluding carboxylic acids is 2. The van der Waals surface area contributed by atoms with Crippen molar-refractivity contribution >= 4 is 23.6 Å². The van der Waals surface area contributed by atoms with Crippen LogP contribution in [0.15, 0.2) is 0 Å². The first kappa shape index (κ1) is 13.7. The van der Waals surface area contributed by atoms with Crippen molar-refractivity contribution in [1.29, 1.82) is 0 Å². The molecule has 2 amide bonds. The van der Waals surface area contributed by atoms with Gasteiger partial charge in [-0.1, -0.05) is 0 Å². The van der Waals surface area contributed by atoms with Gasteiger partial charge in [0, 0.05) is 31.1 Å². The summed E-state index contributed by atoms with van der Waals surface area (Å²) in [5.41, 5.74) is 5.17. The minimum absolute atomic E-state index is 0.00936. The summed E-state index contributed by atoms with van der Waals surface area (Å²) < 4.78 is 0. The highest BCUT2D eigenvalue weighted by Crippen LogP contribution is 2.22. The first-order chi connectivity index (χ1) is 8.66. The van der Waals surface area contributed by atoms with Crippen LogP contribution in [0.3, 0.4) is 0 Å². The number of hydrogen-bond acceptors (Lipinski definition) is 4. The molecule has 0 bridgehead atoms. The van der Waals surface area contributed by atoms with Gasteiger partial charge in [0.15, 0.2) is 0 Å². The summed E-state index contributed by atoms with van der Waals surface area (Å²) in [6.07, 6.45) is 3.38. The molecule has 2 heterocycles. The van der Waals surface area contributed by atoms with Crippen LogP contribution in [0.5, 0.6) is 0 Å². The largest absolute Gasteiger partial charge is 0.370 e. The Hall–Kier alpha value is -0.750. The second-order valence-corrected chi connectivity index (χ2v) is 6.10. The summed E-state index contributed by atoms with van der Waals surface area (Å²) in [6, 6.07) is -0.00936. The molecule has 3 N–H and O–H groups in total. The van der Waals surface area contributed by atoms with E-state index in [1.54, 1.807) is 11.8 Å². The van der Waals surface area contributed by atoms with E-state index in [4.69, 9.17) is 5.73 Å². The third-order valence-electron chi connectivity index (χ3n) is 3.64. The van der Waals surface area contributed by atoms with Gasteiger partial charge < -0.3 is 10.6 Å². The van der Waals surface area contributed by atoms with Crippen LogP contribution in [0.4, 0.5) is 0 Å². The quantitative estimate of drug-likeness (QED) is 0.763. The monoisotopic (exact) mass is 271 g/mol. The molecule has 18 heavy (non-hydrogen) atoms. The van der Waals surface area contributed by atoms with E-state index < -0.39 is 0 Å². The van der Waals surface area contributed by atoms with E-state index >= 15 is 0 Å². The van der Waals surface area contributed by atoms with Crippen molar-refractivity contribution in [3.8, 4) is 0 Å². The molecular formula is C12H21N3O2S. The summed E-state index contributed by atoms with van der Waals surface area (Å²) in [4.78, 5) is 25.0. The molecule has 0 aromatic rings. The van der Waals surface area contributed by atoms with Gasteiger partial charge in [-0.05, 0) is 25.2 Å². The number of likely N-dealkylation sites (tertiary alicyclic amines) is 1. The van der Waals surface area contributed by atoms with Gasteiger partial charge in [0.1, 0.15) is 0 Å². The Labute approximate surface area is 112 Å². The number of hydrogen-bond donors (Lipinski definition) is 2. The van der Waals surface area contributed by atoms with Crippen molar-refractivity contribution in [2.24, 2.45) is 11.7 Å². The van der Waals surface area contributed by atoms with Crippen molar-refractivity contribution in [2.45, 2.75) is 31.7 Å². The zero-order valence-corrected chi connectivity index (χ0v) is 11.4. The van der Waals surface area contributed by atoms with E-state index in [1.165, 1.54) is 0 Å². The SMILES string of the molecule is NC(=O)CC[C@H]1CCCN(C(=O)[C@@H]2CSCN2)C1. The lowest BCUT2D eigenvalue weighted by atomic mass is 9.93. The molecule has 0 unspecified atom stereocenters. The fraction of sp³-hybridized carbons (Fsp3) is 0.833. The second-order valence-electron chi connectivity index (χ2n) is 5.07. The summed E-state index contributed by atoms with van der Waals surface area (Å²) in [5.74, 6) is 2.16. The molecule has 2 atom stereocenters. The molecule has 2 rings (SSSR count). The lowest BCUT2D eigenvalue weighted by molar-refractivity contribution is -0.134. The Balaban J connectivity index is 1.81. The van der Waals surface area contributed by atoms with Crippen LogP contribution in [0, 0.1) is 5.92 Å². The minimum Gasteiger partial charge on any atom is -0.370 e. The molecule has 6 heteroatoms. The molecule has 5 nitrogen and oxygen atoms in total. The third-order valence-corrected chi connectivity index (χ3v) is 4.58. The zero-order chi connectivity index (χ0) is 13.0. The number of amides is 2. The number of nitrogens with two attached hydrogens (primary N) is 1. The molecule has 0 saturated carbocycles. The van der Waals surface area contributed by atoms with Gasteiger partial charge in [-0.25, -0.2) is 0 Å². The highest BCUT2D eigenvalue weighted by atomic mass is 32.2. The third kappa shape index (κ3) is 3.62. The van der Waals surface area contributed by atoms with Crippen molar-refractivity contribution in [2.75, 3.05) is 24.7 Å². The number of nitrogens with one attached hydrogen (secondary N) is 1.